The number of rotatable bonds is 3. The zero-order valence-corrected chi connectivity index (χ0v) is 15.2. The van der Waals surface area contributed by atoms with Crippen LogP contribution >= 0.6 is 12.2 Å². The smallest absolute Gasteiger partial charge is 0.358 e. The van der Waals surface area contributed by atoms with Gasteiger partial charge in [0, 0.05) is 12.2 Å². The van der Waals surface area contributed by atoms with Gasteiger partial charge >= 0.3 is 6.18 Å². The van der Waals surface area contributed by atoms with Crippen LogP contribution in [0.2, 0.25) is 0 Å². The van der Waals surface area contributed by atoms with Gasteiger partial charge in [0.1, 0.15) is 0 Å². The first kappa shape index (κ1) is 19.2. The second-order valence-corrected chi connectivity index (χ2v) is 7.24. The summed E-state index contributed by atoms with van der Waals surface area (Å²) in [5, 5.41) is 6.48. The number of benzene rings is 2. The highest BCUT2D eigenvalue weighted by atomic mass is 32.1. The van der Waals surface area contributed by atoms with Crippen molar-refractivity contribution < 1.29 is 13.2 Å². The van der Waals surface area contributed by atoms with E-state index in [0.29, 0.717) is 11.7 Å². The largest absolute Gasteiger partial charge is 0.416 e. The van der Waals surface area contributed by atoms with Crippen molar-refractivity contribution in [2.24, 2.45) is 0 Å². The van der Waals surface area contributed by atoms with E-state index < -0.39 is 11.7 Å². The Hall–Kier alpha value is -2.08. The van der Waals surface area contributed by atoms with Crippen molar-refractivity contribution in [2.45, 2.75) is 38.9 Å². The average Bonchev–Trinajstić information content (AvgIpc) is 2.52. The van der Waals surface area contributed by atoms with Crippen molar-refractivity contribution in [3.63, 3.8) is 0 Å². The predicted molar refractivity (Wildman–Crippen MR) is 99.6 cm³/mol. The van der Waals surface area contributed by atoms with Gasteiger partial charge in [-0.05, 0) is 53.0 Å². The minimum absolute atomic E-state index is 0.0832. The van der Waals surface area contributed by atoms with Crippen LogP contribution in [0.25, 0.3) is 0 Å². The summed E-state index contributed by atoms with van der Waals surface area (Å²) in [6.07, 6.45) is -4.32. The quantitative estimate of drug-likeness (QED) is 0.703. The standard InChI is InChI=1S/C19H21F3N2S/c1-18(2,3)14-8-10-16(11-9-14)24-17(25)23-12-13-4-6-15(7-5-13)19(20,21)22/h4-11H,12H2,1-3H3,(H2,23,24,25). The minimum atomic E-state index is -4.32. The van der Waals surface area contributed by atoms with Crippen molar-refractivity contribution in [2.75, 3.05) is 5.32 Å². The Morgan fingerprint density at radius 2 is 1.40 bits per heavy atom. The first-order valence-corrected chi connectivity index (χ1v) is 8.28. The van der Waals surface area contributed by atoms with Crippen molar-refractivity contribution in [3.05, 3.63) is 65.2 Å². The molecule has 0 spiro atoms. The molecule has 0 unspecified atom stereocenters. The second kappa shape index (κ2) is 7.44. The lowest BCUT2D eigenvalue weighted by molar-refractivity contribution is -0.137. The van der Waals surface area contributed by atoms with Gasteiger partial charge in [-0.15, -0.1) is 0 Å². The lowest BCUT2D eigenvalue weighted by atomic mass is 9.87. The molecule has 0 atom stereocenters. The average molecular weight is 366 g/mol. The molecule has 0 aliphatic carbocycles. The SMILES string of the molecule is CC(C)(C)c1ccc(NC(=S)NCc2ccc(C(F)(F)F)cc2)cc1. The van der Waals surface area contributed by atoms with E-state index in [1.807, 2.05) is 24.3 Å². The number of hydrogen-bond donors (Lipinski definition) is 2. The predicted octanol–water partition coefficient (Wildman–Crippen LogP) is 5.49. The maximum absolute atomic E-state index is 12.5. The molecule has 0 heterocycles. The molecule has 134 valence electrons. The van der Waals surface area contributed by atoms with Gasteiger partial charge in [-0.2, -0.15) is 13.2 Å². The Labute approximate surface area is 151 Å². The van der Waals surface area contributed by atoms with Crippen LogP contribution in [-0.2, 0) is 18.1 Å². The maximum atomic E-state index is 12.5. The van der Waals surface area contributed by atoms with Crippen molar-refractivity contribution in [3.8, 4) is 0 Å². The van der Waals surface area contributed by atoms with E-state index in [0.717, 1.165) is 23.4 Å². The number of thiocarbonyl (C=S) groups is 1. The summed E-state index contributed by atoms with van der Waals surface area (Å²) in [6, 6.07) is 13.0. The molecule has 0 amide bonds. The van der Waals surface area contributed by atoms with Gasteiger partial charge in [0.25, 0.3) is 0 Å². The maximum Gasteiger partial charge on any atom is 0.416 e. The Bertz CT molecular complexity index is 714. The van der Waals surface area contributed by atoms with Crippen LogP contribution in [-0.4, -0.2) is 5.11 Å². The molecule has 0 saturated heterocycles. The molecule has 2 rings (SSSR count). The second-order valence-electron chi connectivity index (χ2n) is 6.83. The van der Waals surface area contributed by atoms with E-state index in [1.54, 1.807) is 0 Å². The number of halogens is 3. The molecule has 2 N–H and O–H groups in total. The molecule has 0 radical (unpaired) electrons. The summed E-state index contributed by atoms with van der Waals surface area (Å²) in [7, 11) is 0. The molecule has 25 heavy (non-hydrogen) atoms. The minimum Gasteiger partial charge on any atom is -0.358 e. The van der Waals surface area contributed by atoms with Gasteiger partial charge in [0.15, 0.2) is 5.11 Å². The molecule has 0 fully saturated rings. The van der Waals surface area contributed by atoms with Gasteiger partial charge in [0.2, 0.25) is 0 Å². The lowest BCUT2D eigenvalue weighted by Gasteiger charge is -2.19. The van der Waals surface area contributed by atoms with Crippen molar-refractivity contribution in [1.82, 2.24) is 5.32 Å². The van der Waals surface area contributed by atoms with E-state index >= 15 is 0 Å². The molecular weight excluding hydrogens is 345 g/mol. The Balaban J connectivity index is 1.88. The van der Waals surface area contributed by atoms with E-state index in [-0.39, 0.29) is 5.41 Å². The number of nitrogens with one attached hydrogen (secondary N) is 2. The van der Waals surface area contributed by atoms with Crippen LogP contribution in [0.4, 0.5) is 18.9 Å². The van der Waals surface area contributed by atoms with Crippen LogP contribution in [0.5, 0.6) is 0 Å². The fraction of sp³-hybridized carbons (Fsp3) is 0.316. The van der Waals surface area contributed by atoms with E-state index in [1.165, 1.54) is 17.7 Å². The molecule has 0 aliphatic heterocycles. The highest BCUT2D eigenvalue weighted by Gasteiger charge is 2.29. The summed E-state index contributed by atoms with van der Waals surface area (Å²) >= 11 is 5.22. The molecule has 0 aliphatic rings. The fourth-order valence-corrected chi connectivity index (χ4v) is 2.41. The Morgan fingerprint density at radius 1 is 0.880 bits per heavy atom. The van der Waals surface area contributed by atoms with Gasteiger partial charge < -0.3 is 10.6 Å². The van der Waals surface area contributed by atoms with Gasteiger partial charge in [-0.1, -0.05) is 45.0 Å². The third kappa shape index (κ3) is 5.74. The monoisotopic (exact) mass is 366 g/mol. The number of hydrogen-bond acceptors (Lipinski definition) is 1. The molecule has 2 nitrogen and oxygen atoms in total. The van der Waals surface area contributed by atoms with Crippen LogP contribution in [0.1, 0.15) is 37.5 Å². The summed E-state index contributed by atoms with van der Waals surface area (Å²) < 4.78 is 37.6. The number of anilines is 1. The topological polar surface area (TPSA) is 24.1 Å². The molecule has 0 saturated carbocycles. The highest BCUT2D eigenvalue weighted by molar-refractivity contribution is 7.80. The highest BCUT2D eigenvalue weighted by Crippen LogP contribution is 2.29. The lowest BCUT2D eigenvalue weighted by Crippen LogP contribution is -2.27. The van der Waals surface area contributed by atoms with Crippen molar-refractivity contribution in [1.29, 1.82) is 0 Å². The van der Waals surface area contributed by atoms with Crippen LogP contribution in [0.15, 0.2) is 48.5 Å². The van der Waals surface area contributed by atoms with Crippen LogP contribution in [0, 0.1) is 0 Å². The van der Waals surface area contributed by atoms with Gasteiger partial charge in [-0.25, -0.2) is 0 Å². The Morgan fingerprint density at radius 3 is 1.88 bits per heavy atom. The molecule has 2 aromatic rings. The normalized spacial score (nSPS) is 11.9. The Kier molecular flexibility index (Phi) is 5.72. The number of alkyl halides is 3. The first-order valence-electron chi connectivity index (χ1n) is 7.87. The fourth-order valence-electron chi connectivity index (χ4n) is 2.22. The first-order chi connectivity index (χ1) is 11.6. The summed E-state index contributed by atoms with van der Waals surface area (Å²) in [5.41, 5.74) is 2.23. The molecule has 0 bridgehead atoms. The summed E-state index contributed by atoms with van der Waals surface area (Å²) in [6.45, 7) is 6.78. The summed E-state index contributed by atoms with van der Waals surface area (Å²) in [4.78, 5) is 0. The summed E-state index contributed by atoms with van der Waals surface area (Å²) in [5.74, 6) is 0. The molecule has 0 aromatic heterocycles. The zero-order valence-electron chi connectivity index (χ0n) is 14.4. The molecule has 2 aromatic carbocycles. The van der Waals surface area contributed by atoms with E-state index in [4.69, 9.17) is 12.2 Å². The third-order valence-corrected chi connectivity index (χ3v) is 3.99. The third-order valence-electron chi connectivity index (χ3n) is 3.74. The van der Waals surface area contributed by atoms with E-state index in [2.05, 4.69) is 31.4 Å². The van der Waals surface area contributed by atoms with Gasteiger partial charge in [-0.3, -0.25) is 0 Å². The van der Waals surface area contributed by atoms with Crippen LogP contribution in [0.3, 0.4) is 0 Å². The molecule has 6 heteroatoms. The molecular formula is C19H21F3N2S. The zero-order chi connectivity index (χ0) is 18.7. The van der Waals surface area contributed by atoms with Crippen LogP contribution < -0.4 is 10.6 Å². The van der Waals surface area contributed by atoms with Gasteiger partial charge in [0.05, 0.1) is 5.56 Å². The van der Waals surface area contributed by atoms with E-state index in [9.17, 15) is 13.2 Å². The van der Waals surface area contributed by atoms with Crippen molar-refractivity contribution >= 4 is 23.0 Å².